The molecule has 0 heterocycles. The summed E-state index contributed by atoms with van der Waals surface area (Å²) in [4.78, 5) is 46.3. The van der Waals surface area contributed by atoms with E-state index in [1.54, 1.807) is 30.3 Å². The SMILES string of the molecule is C=CCCCCCCCCCOC(=O)C(NC(=O)c1cc([N+](=O)[O-])cc([N+](=O)[O-])c1)c1ccccc1. The molecule has 2 aromatic carbocycles. The molecule has 0 saturated heterocycles. The molecule has 36 heavy (non-hydrogen) atoms. The molecule has 0 saturated carbocycles. The minimum atomic E-state index is -1.18. The van der Waals surface area contributed by atoms with Crippen molar-refractivity contribution < 1.29 is 24.2 Å². The van der Waals surface area contributed by atoms with Crippen LogP contribution in [-0.2, 0) is 9.53 Å². The van der Waals surface area contributed by atoms with E-state index in [2.05, 4.69) is 11.9 Å². The Hall–Kier alpha value is -4.08. The first-order valence-corrected chi connectivity index (χ1v) is 11.9. The molecular formula is C26H31N3O7. The van der Waals surface area contributed by atoms with Crippen LogP contribution < -0.4 is 5.32 Å². The average molecular weight is 498 g/mol. The van der Waals surface area contributed by atoms with E-state index >= 15 is 0 Å². The molecule has 2 aromatic rings. The fraction of sp³-hybridized carbons (Fsp3) is 0.385. The van der Waals surface area contributed by atoms with Gasteiger partial charge in [-0.25, -0.2) is 4.79 Å². The molecular weight excluding hydrogens is 466 g/mol. The number of allylic oxidation sites excluding steroid dienone is 1. The number of nitrogens with zero attached hydrogens (tertiary/aromatic N) is 2. The predicted molar refractivity (Wildman–Crippen MR) is 134 cm³/mol. The number of nitro groups is 2. The van der Waals surface area contributed by atoms with Gasteiger partial charge in [-0.3, -0.25) is 25.0 Å². The van der Waals surface area contributed by atoms with Gasteiger partial charge in [0.25, 0.3) is 17.3 Å². The van der Waals surface area contributed by atoms with Gasteiger partial charge in [0.05, 0.1) is 28.1 Å². The van der Waals surface area contributed by atoms with Gasteiger partial charge in [-0.15, -0.1) is 6.58 Å². The van der Waals surface area contributed by atoms with E-state index in [0.29, 0.717) is 12.0 Å². The summed E-state index contributed by atoms with van der Waals surface area (Å²) >= 11 is 0. The maximum absolute atomic E-state index is 12.9. The van der Waals surface area contributed by atoms with Crippen molar-refractivity contribution in [2.24, 2.45) is 0 Å². The topological polar surface area (TPSA) is 142 Å². The summed E-state index contributed by atoms with van der Waals surface area (Å²) in [6.07, 6.45) is 10.2. The van der Waals surface area contributed by atoms with Crippen LogP contribution in [0.4, 0.5) is 11.4 Å². The van der Waals surface area contributed by atoms with Crippen molar-refractivity contribution in [1.29, 1.82) is 0 Å². The first kappa shape index (κ1) is 28.2. The number of esters is 1. The van der Waals surface area contributed by atoms with Gasteiger partial charge >= 0.3 is 5.97 Å². The number of rotatable bonds is 16. The number of non-ortho nitro benzene ring substituents is 2. The standard InChI is InChI=1S/C26H31N3O7/c1-2-3-4-5-6-7-8-9-13-16-36-26(31)24(20-14-11-10-12-15-20)27-25(30)21-17-22(28(32)33)19-23(18-21)29(34)35/h2,10-12,14-15,17-19,24H,1,3-9,13,16H2,(H,27,30). The zero-order chi connectivity index (χ0) is 26.3. The molecule has 10 nitrogen and oxygen atoms in total. The molecule has 1 unspecified atom stereocenters. The highest BCUT2D eigenvalue weighted by atomic mass is 16.6. The lowest BCUT2D eigenvalue weighted by Gasteiger charge is -2.18. The monoisotopic (exact) mass is 497 g/mol. The number of hydrogen-bond acceptors (Lipinski definition) is 7. The number of ether oxygens (including phenoxy) is 1. The fourth-order valence-electron chi connectivity index (χ4n) is 3.61. The van der Waals surface area contributed by atoms with Crippen LogP contribution >= 0.6 is 0 Å². The summed E-state index contributed by atoms with van der Waals surface area (Å²) in [5.41, 5.74) is -1.06. The summed E-state index contributed by atoms with van der Waals surface area (Å²) in [6.45, 7) is 3.90. The highest BCUT2D eigenvalue weighted by Crippen LogP contribution is 2.24. The number of unbranched alkanes of at least 4 members (excludes halogenated alkanes) is 7. The van der Waals surface area contributed by atoms with Crippen molar-refractivity contribution in [3.05, 3.63) is 92.5 Å². The highest BCUT2D eigenvalue weighted by Gasteiger charge is 2.27. The van der Waals surface area contributed by atoms with Crippen molar-refractivity contribution in [2.45, 2.75) is 57.4 Å². The van der Waals surface area contributed by atoms with Crippen LogP contribution in [-0.4, -0.2) is 28.3 Å². The van der Waals surface area contributed by atoms with E-state index in [1.807, 2.05) is 6.08 Å². The number of carbonyl (C=O) groups is 2. The number of amides is 1. The van der Waals surface area contributed by atoms with Gasteiger partial charge in [-0.2, -0.15) is 0 Å². The Labute approximate surface area is 209 Å². The molecule has 0 radical (unpaired) electrons. The molecule has 0 fully saturated rings. The Morgan fingerprint density at radius 3 is 2.00 bits per heavy atom. The van der Waals surface area contributed by atoms with E-state index in [0.717, 1.165) is 56.7 Å². The maximum Gasteiger partial charge on any atom is 0.333 e. The molecule has 192 valence electrons. The molecule has 0 bridgehead atoms. The van der Waals surface area contributed by atoms with Crippen LogP contribution in [0, 0.1) is 20.2 Å². The Balaban J connectivity index is 2.00. The summed E-state index contributed by atoms with van der Waals surface area (Å²) in [7, 11) is 0. The fourth-order valence-corrected chi connectivity index (χ4v) is 3.61. The van der Waals surface area contributed by atoms with Gasteiger partial charge in [0.1, 0.15) is 0 Å². The van der Waals surface area contributed by atoms with E-state index in [-0.39, 0.29) is 12.2 Å². The van der Waals surface area contributed by atoms with Crippen LogP contribution in [0.3, 0.4) is 0 Å². The average Bonchev–Trinajstić information content (AvgIpc) is 2.88. The molecule has 1 amide bonds. The van der Waals surface area contributed by atoms with Gasteiger partial charge < -0.3 is 10.1 Å². The van der Waals surface area contributed by atoms with Crippen molar-refractivity contribution in [1.82, 2.24) is 5.32 Å². The summed E-state index contributed by atoms with van der Waals surface area (Å²) in [5.74, 6) is -1.55. The van der Waals surface area contributed by atoms with Crippen LogP contribution in [0.2, 0.25) is 0 Å². The molecule has 2 rings (SSSR count). The molecule has 10 heteroatoms. The summed E-state index contributed by atoms with van der Waals surface area (Å²) in [6, 6.07) is 9.82. The zero-order valence-corrected chi connectivity index (χ0v) is 20.1. The van der Waals surface area contributed by atoms with Gasteiger partial charge in [-0.05, 0) is 24.8 Å². The molecule has 1 atom stereocenters. The van der Waals surface area contributed by atoms with Crippen molar-refractivity contribution in [3.63, 3.8) is 0 Å². The lowest BCUT2D eigenvalue weighted by Crippen LogP contribution is -2.35. The second kappa shape index (κ2) is 15.0. The van der Waals surface area contributed by atoms with Gasteiger partial charge in [0.15, 0.2) is 6.04 Å². The molecule has 0 aliphatic rings. The minimum absolute atomic E-state index is 0.191. The molecule has 0 aliphatic heterocycles. The Morgan fingerprint density at radius 1 is 0.889 bits per heavy atom. The maximum atomic E-state index is 12.9. The quantitative estimate of drug-likeness (QED) is 0.101. The van der Waals surface area contributed by atoms with Crippen molar-refractivity contribution in [3.8, 4) is 0 Å². The lowest BCUT2D eigenvalue weighted by molar-refractivity contribution is -0.394. The smallest absolute Gasteiger partial charge is 0.333 e. The lowest BCUT2D eigenvalue weighted by atomic mass is 10.1. The Kier molecular flexibility index (Phi) is 11.8. The highest BCUT2D eigenvalue weighted by molar-refractivity contribution is 5.98. The van der Waals surface area contributed by atoms with Crippen LogP contribution in [0.1, 0.15) is 73.3 Å². The number of hydrogen-bond donors (Lipinski definition) is 1. The third kappa shape index (κ3) is 9.28. The predicted octanol–water partition coefficient (Wildman–Crippen LogP) is 5.82. The molecule has 1 N–H and O–H groups in total. The normalized spacial score (nSPS) is 11.3. The third-order valence-electron chi connectivity index (χ3n) is 5.53. The van der Waals surface area contributed by atoms with Crippen LogP contribution in [0.25, 0.3) is 0 Å². The van der Waals surface area contributed by atoms with E-state index in [4.69, 9.17) is 4.74 Å². The summed E-state index contributed by atoms with van der Waals surface area (Å²) in [5, 5.41) is 24.8. The van der Waals surface area contributed by atoms with Gasteiger partial charge in [0.2, 0.25) is 0 Å². The van der Waals surface area contributed by atoms with E-state index < -0.39 is 39.1 Å². The van der Waals surface area contributed by atoms with Gasteiger partial charge in [-0.1, -0.05) is 68.5 Å². The first-order valence-electron chi connectivity index (χ1n) is 11.9. The number of nitrogens with one attached hydrogen (secondary N) is 1. The molecule has 0 aliphatic carbocycles. The van der Waals surface area contributed by atoms with E-state index in [9.17, 15) is 29.8 Å². The number of carbonyl (C=O) groups excluding carboxylic acids is 2. The van der Waals surface area contributed by atoms with Crippen molar-refractivity contribution >= 4 is 23.3 Å². The zero-order valence-electron chi connectivity index (χ0n) is 20.1. The third-order valence-corrected chi connectivity index (χ3v) is 5.53. The second-order valence-corrected chi connectivity index (χ2v) is 8.29. The van der Waals surface area contributed by atoms with Gasteiger partial charge in [0, 0.05) is 12.1 Å². The molecule has 0 aromatic heterocycles. The first-order chi connectivity index (χ1) is 17.3. The second-order valence-electron chi connectivity index (χ2n) is 8.29. The minimum Gasteiger partial charge on any atom is -0.464 e. The van der Waals surface area contributed by atoms with Crippen LogP contribution in [0.5, 0.6) is 0 Å². The Morgan fingerprint density at radius 2 is 1.44 bits per heavy atom. The number of benzene rings is 2. The van der Waals surface area contributed by atoms with E-state index in [1.165, 1.54) is 6.42 Å². The largest absolute Gasteiger partial charge is 0.464 e. The molecule has 0 spiro atoms. The summed E-state index contributed by atoms with van der Waals surface area (Å²) < 4.78 is 5.40. The Bertz CT molecular complexity index is 1020. The van der Waals surface area contributed by atoms with Crippen LogP contribution in [0.15, 0.2) is 61.2 Å². The number of nitro benzene ring substituents is 2. The van der Waals surface area contributed by atoms with Crippen molar-refractivity contribution in [2.75, 3.05) is 6.61 Å².